The van der Waals surface area contributed by atoms with Gasteiger partial charge in [0.15, 0.2) is 0 Å². The Labute approximate surface area is 166 Å². The van der Waals surface area contributed by atoms with Crippen LogP contribution >= 0.6 is 0 Å². The minimum atomic E-state index is -0.240. The molecule has 0 radical (unpaired) electrons. The highest BCUT2D eigenvalue weighted by molar-refractivity contribution is 6.03. The number of benzene rings is 1. The van der Waals surface area contributed by atoms with Crippen molar-refractivity contribution in [2.75, 3.05) is 11.1 Å². The van der Waals surface area contributed by atoms with E-state index in [-0.39, 0.29) is 17.7 Å². The van der Waals surface area contributed by atoms with Crippen LogP contribution in [0.5, 0.6) is 0 Å². The number of nitrogen functional groups attached to an aromatic ring is 1. The van der Waals surface area contributed by atoms with E-state index in [1.165, 1.54) is 0 Å². The lowest BCUT2D eigenvalue weighted by atomic mass is 10.00. The number of hydrogen-bond donors (Lipinski definition) is 2. The number of nitrogens with two attached hydrogens (primary N) is 1. The molecule has 3 heterocycles. The van der Waals surface area contributed by atoms with Gasteiger partial charge < -0.3 is 15.6 Å². The second-order valence-corrected chi connectivity index (χ2v) is 7.47. The van der Waals surface area contributed by atoms with Crippen LogP contribution in [-0.4, -0.2) is 20.4 Å². The summed E-state index contributed by atoms with van der Waals surface area (Å²) >= 11 is 0. The largest absolute Gasteiger partial charge is 0.398 e. The second-order valence-electron chi connectivity index (χ2n) is 7.47. The van der Waals surface area contributed by atoms with Gasteiger partial charge in [-0.1, -0.05) is 0 Å². The van der Waals surface area contributed by atoms with Crippen molar-refractivity contribution in [2.45, 2.75) is 6.42 Å². The Morgan fingerprint density at radius 1 is 1.28 bits per heavy atom. The predicted octanol–water partition coefficient (Wildman–Crippen LogP) is 3.47. The fourth-order valence-corrected chi connectivity index (χ4v) is 3.77. The van der Waals surface area contributed by atoms with E-state index >= 15 is 0 Å². The van der Waals surface area contributed by atoms with Crippen molar-refractivity contribution < 1.29 is 4.79 Å². The molecule has 3 N–H and O–H groups in total. The molecule has 1 aliphatic rings. The minimum absolute atomic E-state index is 0.161. The van der Waals surface area contributed by atoms with Gasteiger partial charge in [0.2, 0.25) is 5.91 Å². The fourth-order valence-electron chi connectivity index (χ4n) is 3.77. The van der Waals surface area contributed by atoms with E-state index < -0.39 is 0 Å². The summed E-state index contributed by atoms with van der Waals surface area (Å²) in [6.07, 6.45) is 7.96. The summed E-state index contributed by atoms with van der Waals surface area (Å²) in [5.41, 5.74) is 9.90. The number of carbonyl (C=O) groups excluding carboxylic acids is 1. The van der Waals surface area contributed by atoms with E-state index in [2.05, 4.69) is 27.4 Å². The van der Waals surface area contributed by atoms with Gasteiger partial charge in [0, 0.05) is 47.7 Å². The Hall–Kier alpha value is -3.92. The number of carbonyl (C=O) groups is 1. The third-order valence-electron chi connectivity index (χ3n) is 5.54. The van der Waals surface area contributed by atoms with Gasteiger partial charge in [0.1, 0.15) is 5.82 Å². The van der Waals surface area contributed by atoms with Gasteiger partial charge in [-0.3, -0.25) is 9.78 Å². The van der Waals surface area contributed by atoms with Crippen LogP contribution in [0.15, 0.2) is 49.1 Å². The third-order valence-corrected chi connectivity index (χ3v) is 5.54. The summed E-state index contributed by atoms with van der Waals surface area (Å²) in [6, 6.07) is 9.96. The number of pyridine rings is 2. The highest BCUT2D eigenvalue weighted by Gasteiger charge is 2.43. The van der Waals surface area contributed by atoms with Crippen molar-refractivity contribution in [3.8, 4) is 17.2 Å². The Kier molecular flexibility index (Phi) is 3.74. The molecule has 0 spiro atoms. The zero-order valence-electron chi connectivity index (χ0n) is 15.8. The molecule has 7 heteroatoms. The lowest BCUT2D eigenvalue weighted by Gasteiger charge is -2.10. The minimum Gasteiger partial charge on any atom is -0.398 e. The lowest BCUT2D eigenvalue weighted by Crippen LogP contribution is -2.15. The number of rotatable bonds is 3. The summed E-state index contributed by atoms with van der Waals surface area (Å²) in [5.74, 6) is -0.128. The maximum atomic E-state index is 12.2. The Bertz CT molecular complexity index is 1330. The maximum absolute atomic E-state index is 12.2. The normalized spacial score (nSPS) is 17.9. The van der Waals surface area contributed by atoms with E-state index in [4.69, 9.17) is 11.0 Å². The van der Waals surface area contributed by atoms with Crippen molar-refractivity contribution in [3.63, 3.8) is 0 Å². The Balaban J connectivity index is 1.56. The number of nitrogens with zero attached hydrogens (tertiary/aromatic N) is 4. The molecule has 1 aromatic carbocycles. The number of hydrogen-bond acceptors (Lipinski definition) is 5. The van der Waals surface area contributed by atoms with Gasteiger partial charge in [-0.25, -0.2) is 4.98 Å². The number of nitriles is 1. The first-order valence-electron chi connectivity index (χ1n) is 9.34. The van der Waals surface area contributed by atoms with Crippen LogP contribution in [0, 0.1) is 23.2 Å². The van der Waals surface area contributed by atoms with Crippen molar-refractivity contribution in [1.29, 1.82) is 5.26 Å². The molecule has 1 saturated carbocycles. The second kappa shape index (κ2) is 6.31. The van der Waals surface area contributed by atoms with Crippen LogP contribution in [0.25, 0.3) is 32.8 Å². The quantitative estimate of drug-likeness (QED) is 0.527. The molecule has 5 rings (SSSR count). The summed E-state index contributed by atoms with van der Waals surface area (Å²) in [4.78, 5) is 20.9. The zero-order valence-corrected chi connectivity index (χ0v) is 15.8. The number of anilines is 2. The molecule has 1 amide bonds. The third kappa shape index (κ3) is 2.86. The molecule has 4 aromatic rings. The van der Waals surface area contributed by atoms with Crippen LogP contribution in [0.2, 0.25) is 0 Å². The van der Waals surface area contributed by atoms with Gasteiger partial charge in [0.25, 0.3) is 0 Å². The molecule has 0 aliphatic heterocycles. The molecule has 3 aromatic heterocycles. The summed E-state index contributed by atoms with van der Waals surface area (Å²) < 4.78 is 2.03. The van der Waals surface area contributed by atoms with E-state index in [0.717, 1.165) is 32.8 Å². The number of amides is 1. The molecular weight excluding hydrogens is 364 g/mol. The van der Waals surface area contributed by atoms with Crippen LogP contribution in [0.1, 0.15) is 6.42 Å². The first kappa shape index (κ1) is 17.2. The lowest BCUT2D eigenvalue weighted by molar-refractivity contribution is -0.117. The van der Waals surface area contributed by atoms with E-state index in [1.807, 2.05) is 48.4 Å². The molecular formula is C22H18N6O. The van der Waals surface area contributed by atoms with Gasteiger partial charge in [0.05, 0.1) is 29.6 Å². The molecule has 2 atom stereocenters. The van der Waals surface area contributed by atoms with Crippen molar-refractivity contribution >= 4 is 39.1 Å². The van der Waals surface area contributed by atoms with E-state index in [0.29, 0.717) is 17.9 Å². The van der Waals surface area contributed by atoms with Crippen molar-refractivity contribution in [3.05, 3.63) is 49.1 Å². The Morgan fingerprint density at radius 3 is 2.93 bits per heavy atom. The average Bonchev–Trinajstić information content (AvgIpc) is 3.43. The van der Waals surface area contributed by atoms with Crippen molar-refractivity contribution in [2.24, 2.45) is 18.9 Å². The molecule has 29 heavy (non-hydrogen) atoms. The number of fused-ring (bicyclic) bond motifs is 2. The predicted molar refractivity (Wildman–Crippen MR) is 112 cm³/mol. The topological polar surface area (TPSA) is 110 Å². The first-order valence-corrected chi connectivity index (χ1v) is 9.34. The summed E-state index contributed by atoms with van der Waals surface area (Å²) in [6.45, 7) is 0. The van der Waals surface area contributed by atoms with Crippen molar-refractivity contribution in [1.82, 2.24) is 14.5 Å². The molecule has 0 bridgehead atoms. The molecule has 7 nitrogen and oxygen atoms in total. The van der Waals surface area contributed by atoms with Crippen LogP contribution in [-0.2, 0) is 11.8 Å². The molecule has 142 valence electrons. The average molecular weight is 382 g/mol. The van der Waals surface area contributed by atoms with Crippen LogP contribution < -0.4 is 11.1 Å². The molecule has 1 fully saturated rings. The maximum Gasteiger partial charge on any atom is 0.230 e. The standard InChI is InChI=1S/C22H18N6O/c1-28-3-2-15-17(9-25-11-20(15)28)12-4-13-7-21(26-10-18(13)19(24)6-12)27-22(29)16-5-14(16)8-23/h2-4,6-7,9-11,14,16H,5,24H2,1H3,(H,26,27,29). The van der Waals surface area contributed by atoms with Gasteiger partial charge in [-0.15, -0.1) is 0 Å². The number of nitrogens with one attached hydrogen (secondary N) is 1. The monoisotopic (exact) mass is 382 g/mol. The zero-order chi connectivity index (χ0) is 20.1. The van der Waals surface area contributed by atoms with Gasteiger partial charge in [-0.2, -0.15) is 5.26 Å². The van der Waals surface area contributed by atoms with Crippen LogP contribution in [0.3, 0.4) is 0 Å². The van der Waals surface area contributed by atoms with Gasteiger partial charge in [-0.05, 0) is 41.6 Å². The van der Waals surface area contributed by atoms with E-state index in [1.54, 1.807) is 6.20 Å². The summed E-state index contributed by atoms with van der Waals surface area (Å²) in [5, 5.41) is 14.5. The molecule has 2 unspecified atom stereocenters. The fraction of sp³-hybridized carbons (Fsp3) is 0.182. The van der Waals surface area contributed by atoms with E-state index in [9.17, 15) is 4.79 Å². The number of aromatic nitrogens is 3. The number of aryl methyl sites for hydroxylation is 1. The smallest absolute Gasteiger partial charge is 0.230 e. The molecule has 1 aliphatic carbocycles. The molecule has 0 saturated heterocycles. The Morgan fingerprint density at radius 2 is 2.14 bits per heavy atom. The first-order chi connectivity index (χ1) is 14.0. The van der Waals surface area contributed by atoms with Crippen LogP contribution in [0.4, 0.5) is 11.5 Å². The highest BCUT2D eigenvalue weighted by atomic mass is 16.2. The van der Waals surface area contributed by atoms with Gasteiger partial charge >= 0.3 is 0 Å². The summed E-state index contributed by atoms with van der Waals surface area (Å²) in [7, 11) is 1.99. The SMILES string of the molecule is Cn1ccc2c(-c3cc(N)c4cnc(NC(=O)C5CC5C#N)cc4c3)cncc21. The highest BCUT2D eigenvalue weighted by Crippen LogP contribution is 2.39.